The third kappa shape index (κ3) is 6.98. The van der Waals surface area contributed by atoms with Crippen LogP contribution in [-0.4, -0.2) is 27.0 Å². The molecule has 0 fully saturated rings. The normalized spacial score (nSPS) is 13.0. The maximum atomic E-state index is 12.2. The lowest BCUT2D eigenvalue weighted by Gasteiger charge is -2.18. The van der Waals surface area contributed by atoms with Crippen LogP contribution >= 0.6 is 0 Å². The zero-order valence-electron chi connectivity index (χ0n) is 14.7. The molecular formula is C17H27NO5S. The number of carbonyl (C=O) groups is 1. The first kappa shape index (κ1) is 20.6. The van der Waals surface area contributed by atoms with Crippen molar-refractivity contribution in [3.63, 3.8) is 0 Å². The molecule has 0 bridgehead atoms. The Labute approximate surface area is 144 Å². The van der Waals surface area contributed by atoms with Crippen molar-refractivity contribution in [2.24, 2.45) is 5.92 Å². The van der Waals surface area contributed by atoms with Gasteiger partial charge in [0.2, 0.25) is 0 Å². The molecule has 0 radical (unpaired) electrons. The van der Waals surface area contributed by atoms with Crippen LogP contribution in [0.5, 0.6) is 0 Å². The van der Waals surface area contributed by atoms with Crippen LogP contribution in [-0.2, 0) is 23.9 Å². The van der Waals surface area contributed by atoms with Crippen LogP contribution in [0.25, 0.3) is 0 Å². The number of hydroxylamine groups is 1. The monoisotopic (exact) mass is 357 g/mol. The number of nitrogens with one attached hydrogen (secondary N) is 1. The number of benzene rings is 1. The quantitative estimate of drug-likeness (QED) is 0.394. The van der Waals surface area contributed by atoms with Crippen LogP contribution < -0.4 is 5.48 Å². The molecular weight excluding hydrogens is 330 g/mol. The number of carbonyl (C=O) groups excluding carboxylic acids is 1. The highest BCUT2D eigenvalue weighted by Crippen LogP contribution is 2.14. The van der Waals surface area contributed by atoms with Crippen LogP contribution in [0.4, 0.5) is 0 Å². The number of unbranched alkanes of at least 4 members (excludes halogenated alkanes) is 1. The average Bonchev–Trinajstić information content (AvgIpc) is 2.51. The second kappa shape index (κ2) is 9.76. The van der Waals surface area contributed by atoms with Gasteiger partial charge in [0.05, 0.1) is 11.5 Å². The maximum absolute atomic E-state index is 12.2. The van der Waals surface area contributed by atoms with Gasteiger partial charge in [-0.2, -0.15) is 18.2 Å². The fourth-order valence-electron chi connectivity index (χ4n) is 1.96. The van der Waals surface area contributed by atoms with Gasteiger partial charge in [-0.05, 0) is 37.8 Å². The fraction of sp³-hybridized carbons (Fsp3) is 0.588. The van der Waals surface area contributed by atoms with Crippen molar-refractivity contribution in [3.8, 4) is 0 Å². The minimum atomic E-state index is -3.99. The lowest BCUT2D eigenvalue weighted by molar-refractivity contribution is -0.149. The summed E-state index contributed by atoms with van der Waals surface area (Å²) in [4.78, 5) is 12.1. The van der Waals surface area contributed by atoms with E-state index >= 15 is 0 Å². The Morgan fingerprint density at radius 3 is 2.38 bits per heavy atom. The predicted molar refractivity (Wildman–Crippen MR) is 91.7 cm³/mol. The number of aryl methyl sites for hydroxylation is 1. The molecule has 1 atom stereocenters. The first-order valence-corrected chi connectivity index (χ1v) is 9.59. The fourth-order valence-corrected chi connectivity index (χ4v) is 2.76. The Morgan fingerprint density at radius 1 is 1.21 bits per heavy atom. The predicted octanol–water partition coefficient (Wildman–Crippen LogP) is 2.96. The van der Waals surface area contributed by atoms with Crippen LogP contribution in [0, 0.1) is 12.8 Å². The molecule has 0 aromatic heterocycles. The molecule has 0 saturated carbocycles. The molecule has 0 aliphatic heterocycles. The van der Waals surface area contributed by atoms with E-state index in [1.807, 2.05) is 27.7 Å². The summed E-state index contributed by atoms with van der Waals surface area (Å²) < 4.78 is 34.4. The van der Waals surface area contributed by atoms with Gasteiger partial charge in [0.25, 0.3) is 0 Å². The van der Waals surface area contributed by atoms with Crippen LogP contribution in [0.1, 0.15) is 45.6 Å². The molecule has 1 rings (SSSR count). The Hall–Kier alpha value is -1.44. The Kier molecular flexibility index (Phi) is 8.38. The summed E-state index contributed by atoms with van der Waals surface area (Å²) in [6.07, 6.45) is 2.09. The van der Waals surface area contributed by atoms with E-state index in [-0.39, 0.29) is 10.8 Å². The van der Waals surface area contributed by atoms with E-state index < -0.39 is 22.1 Å². The van der Waals surface area contributed by atoms with Gasteiger partial charge < -0.3 is 4.74 Å². The van der Waals surface area contributed by atoms with Gasteiger partial charge in [0.1, 0.15) is 6.04 Å². The van der Waals surface area contributed by atoms with E-state index in [1.165, 1.54) is 12.1 Å². The number of esters is 1. The van der Waals surface area contributed by atoms with Gasteiger partial charge in [-0.25, -0.2) is 0 Å². The molecule has 0 saturated heterocycles. The van der Waals surface area contributed by atoms with Gasteiger partial charge >= 0.3 is 16.1 Å². The Balaban J connectivity index is 2.72. The van der Waals surface area contributed by atoms with Crippen molar-refractivity contribution in [1.82, 2.24) is 5.48 Å². The lowest BCUT2D eigenvalue weighted by atomic mass is 10.0. The summed E-state index contributed by atoms with van der Waals surface area (Å²) >= 11 is 0. The molecule has 0 amide bonds. The third-order valence-electron chi connectivity index (χ3n) is 3.34. The molecule has 24 heavy (non-hydrogen) atoms. The number of ether oxygens (including phenoxy) is 1. The van der Waals surface area contributed by atoms with E-state index in [4.69, 9.17) is 9.02 Å². The lowest BCUT2D eigenvalue weighted by Crippen LogP contribution is -2.40. The molecule has 1 aromatic rings. The van der Waals surface area contributed by atoms with Crippen LogP contribution in [0.3, 0.4) is 0 Å². The molecule has 0 spiro atoms. The SMILES string of the molecule is CCCCOC(=O)[C@H](CC(C)C)NOS(=O)(=O)c1ccc(C)cc1. The van der Waals surface area contributed by atoms with Gasteiger partial charge in [-0.3, -0.25) is 4.79 Å². The first-order chi connectivity index (χ1) is 11.3. The Bertz CT molecular complexity index is 610. The smallest absolute Gasteiger partial charge is 0.325 e. The highest BCUT2D eigenvalue weighted by Gasteiger charge is 2.25. The second-order valence-electron chi connectivity index (χ2n) is 6.17. The second-order valence-corrected chi connectivity index (χ2v) is 7.72. The molecule has 7 heteroatoms. The van der Waals surface area contributed by atoms with Gasteiger partial charge in [0.15, 0.2) is 0 Å². The van der Waals surface area contributed by atoms with E-state index in [0.717, 1.165) is 18.4 Å². The van der Waals surface area contributed by atoms with Crippen molar-refractivity contribution in [3.05, 3.63) is 29.8 Å². The Morgan fingerprint density at radius 2 is 1.83 bits per heavy atom. The van der Waals surface area contributed by atoms with Gasteiger partial charge in [0, 0.05) is 0 Å². The third-order valence-corrected chi connectivity index (χ3v) is 4.51. The van der Waals surface area contributed by atoms with Crippen molar-refractivity contribution >= 4 is 16.1 Å². The van der Waals surface area contributed by atoms with E-state index in [9.17, 15) is 13.2 Å². The standard InChI is InChI=1S/C17H27NO5S/c1-5-6-11-22-17(19)16(12-13(2)3)18-23-24(20,21)15-9-7-14(4)8-10-15/h7-10,13,16,18H,5-6,11-12H2,1-4H3/t16-/m0/s1. The zero-order valence-corrected chi connectivity index (χ0v) is 15.6. The van der Waals surface area contributed by atoms with E-state index in [0.29, 0.717) is 13.0 Å². The van der Waals surface area contributed by atoms with Crippen LogP contribution in [0.15, 0.2) is 29.2 Å². The first-order valence-electron chi connectivity index (χ1n) is 8.18. The number of hydrogen-bond acceptors (Lipinski definition) is 6. The number of hydrogen-bond donors (Lipinski definition) is 1. The molecule has 0 aliphatic rings. The molecule has 6 nitrogen and oxygen atoms in total. The largest absolute Gasteiger partial charge is 0.464 e. The summed E-state index contributed by atoms with van der Waals surface area (Å²) in [6, 6.07) is 5.45. The number of rotatable bonds is 10. The maximum Gasteiger partial charge on any atom is 0.325 e. The molecule has 136 valence electrons. The molecule has 0 unspecified atom stereocenters. The van der Waals surface area contributed by atoms with E-state index in [2.05, 4.69) is 5.48 Å². The molecule has 1 aromatic carbocycles. The molecule has 0 aliphatic carbocycles. The molecule has 0 heterocycles. The summed E-state index contributed by atoms with van der Waals surface area (Å²) in [5.41, 5.74) is 3.31. The summed E-state index contributed by atoms with van der Waals surface area (Å²) in [6.45, 7) is 8.04. The molecule has 1 N–H and O–H groups in total. The van der Waals surface area contributed by atoms with Crippen molar-refractivity contribution < 1.29 is 22.2 Å². The summed E-state index contributed by atoms with van der Waals surface area (Å²) in [5, 5.41) is 0. The van der Waals surface area contributed by atoms with Crippen molar-refractivity contribution in [1.29, 1.82) is 0 Å². The van der Waals surface area contributed by atoms with Gasteiger partial charge in [-0.15, -0.1) is 0 Å². The highest BCUT2D eigenvalue weighted by molar-refractivity contribution is 7.86. The van der Waals surface area contributed by atoms with Gasteiger partial charge in [-0.1, -0.05) is 44.9 Å². The summed E-state index contributed by atoms with van der Waals surface area (Å²) in [5.74, 6) is -0.330. The highest BCUT2D eigenvalue weighted by atomic mass is 32.2. The average molecular weight is 357 g/mol. The van der Waals surface area contributed by atoms with Crippen molar-refractivity contribution in [2.75, 3.05) is 6.61 Å². The van der Waals surface area contributed by atoms with E-state index in [1.54, 1.807) is 12.1 Å². The van der Waals surface area contributed by atoms with Crippen LogP contribution in [0.2, 0.25) is 0 Å². The summed E-state index contributed by atoms with van der Waals surface area (Å²) in [7, 11) is -3.99. The minimum absolute atomic E-state index is 0.0308. The zero-order chi connectivity index (χ0) is 18.2. The van der Waals surface area contributed by atoms with Crippen molar-refractivity contribution in [2.45, 2.75) is 57.9 Å². The minimum Gasteiger partial charge on any atom is -0.464 e. The topological polar surface area (TPSA) is 81.7 Å².